The van der Waals surface area contributed by atoms with Crippen molar-refractivity contribution >= 4 is 23.4 Å². The lowest BCUT2D eigenvalue weighted by Crippen LogP contribution is -2.61. The van der Waals surface area contributed by atoms with E-state index in [4.69, 9.17) is 4.74 Å². The molecule has 8 unspecified atom stereocenters. The molecule has 9 heteroatoms. The third-order valence-electron chi connectivity index (χ3n) is 15.1. The Labute approximate surface area is 316 Å². The zero-order valence-electron chi connectivity index (χ0n) is 33.8. The normalized spacial score (nSPS) is 34.9. The average Bonchev–Trinajstić information content (AvgIpc) is 3.50. The molecule has 0 spiro atoms. The first-order valence-electron chi connectivity index (χ1n) is 20.3. The first-order chi connectivity index (χ1) is 24.7. The molecule has 0 heterocycles. The van der Waals surface area contributed by atoms with Gasteiger partial charge in [0.15, 0.2) is 0 Å². The van der Waals surface area contributed by atoms with E-state index in [0.717, 1.165) is 44.9 Å². The summed E-state index contributed by atoms with van der Waals surface area (Å²) in [5, 5.41) is 4.82. The second-order valence-corrected chi connectivity index (χ2v) is 19.8. The predicted octanol–water partition coefficient (Wildman–Crippen LogP) is 8.53. The monoisotopic (exact) mass is 737 g/mol. The van der Waals surface area contributed by atoms with Crippen LogP contribution in [0.3, 0.4) is 0 Å². The number of amides is 2. The Morgan fingerprint density at radius 1 is 0.830 bits per heavy atom. The van der Waals surface area contributed by atoms with E-state index in [1.54, 1.807) is 19.0 Å². The minimum Gasteiger partial charge on any atom is -0.456 e. The number of halogens is 2. The highest BCUT2D eigenvalue weighted by molar-refractivity contribution is 6.06. The molecular formula is C44H65F2N3O4. The quantitative estimate of drug-likeness (QED) is 0.196. The Balaban J connectivity index is 1.16. The molecule has 294 valence electrons. The number of fused-ring (bicyclic) bond motifs is 7. The number of hydrogen-bond donors (Lipinski definition) is 2. The molecule has 0 bridgehead atoms. The number of carbonyl (C=O) groups is 3. The lowest BCUT2D eigenvalue weighted by Gasteiger charge is -2.68. The standard InChI is InChI=1S/C44H65F2N3O4/c1-39(2,3)53-36(50)29-14-12-28(13-15-29)31-18-22-42(7)34(40(31,4)5)20-23-41(6)32-19-24-43(21-10-11-33(43)30(32)16-17-35(41)42)27-48-38(52)44(45,46)37(51)47-25-26-49(8)9/h12-15,18,30,32-35H,10-11,16-17,19-27H2,1-9H3,(H,47,51)(H,48,52). The summed E-state index contributed by atoms with van der Waals surface area (Å²) in [6.07, 6.45) is 13.3. The van der Waals surface area contributed by atoms with Gasteiger partial charge in [0.25, 0.3) is 0 Å². The number of hydrogen-bond acceptors (Lipinski definition) is 5. The zero-order valence-corrected chi connectivity index (χ0v) is 33.8. The zero-order chi connectivity index (χ0) is 38.8. The molecule has 1 aromatic rings. The summed E-state index contributed by atoms with van der Waals surface area (Å²) in [6, 6.07) is 7.99. The molecule has 7 nitrogen and oxygen atoms in total. The molecule has 8 atom stereocenters. The number of ether oxygens (including phenoxy) is 1. The van der Waals surface area contributed by atoms with Gasteiger partial charge in [-0.25, -0.2) is 4.79 Å². The smallest absolute Gasteiger partial charge is 0.400 e. The number of likely N-dealkylation sites (N-methyl/N-ethyl adjacent to an activating group) is 1. The number of carbonyl (C=O) groups excluding carboxylic acids is 3. The molecule has 2 N–H and O–H groups in total. The highest BCUT2D eigenvalue weighted by Gasteiger charge is 2.65. The molecule has 53 heavy (non-hydrogen) atoms. The predicted molar refractivity (Wildman–Crippen MR) is 205 cm³/mol. The van der Waals surface area contributed by atoms with Crippen LogP contribution in [0.1, 0.15) is 129 Å². The van der Waals surface area contributed by atoms with E-state index in [9.17, 15) is 23.2 Å². The summed E-state index contributed by atoms with van der Waals surface area (Å²) >= 11 is 0. The van der Waals surface area contributed by atoms with Crippen LogP contribution in [0.2, 0.25) is 0 Å². The van der Waals surface area contributed by atoms with Crippen molar-refractivity contribution < 1.29 is 27.9 Å². The first-order valence-corrected chi connectivity index (χ1v) is 20.3. The molecular weight excluding hydrogens is 672 g/mol. The van der Waals surface area contributed by atoms with Crippen molar-refractivity contribution in [3.8, 4) is 0 Å². The number of esters is 1. The summed E-state index contributed by atoms with van der Waals surface area (Å²) in [4.78, 5) is 39.6. The van der Waals surface area contributed by atoms with Crippen LogP contribution >= 0.6 is 0 Å². The molecule has 4 fully saturated rings. The summed E-state index contributed by atoms with van der Waals surface area (Å²) in [5.41, 5.74) is 2.76. The van der Waals surface area contributed by atoms with Crippen molar-refractivity contribution in [2.24, 2.45) is 51.2 Å². The maximum atomic E-state index is 14.9. The van der Waals surface area contributed by atoms with Gasteiger partial charge in [0.2, 0.25) is 0 Å². The number of nitrogens with zero attached hydrogens (tertiary/aromatic N) is 1. The van der Waals surface area contributed by atoms with Gasteiger partial charge in [-0.1, -0.05) is 52.3 Å². The van der Waals surface area contributed by atoms with Crippen molar-refractivity contribution in [1.82, 2.24) is 15.5 Å². The van der Waals surface area contributed by atoms with Crippen molar-refractivity contribution in [2.75, 3.05) is 33.7 Å². The molecule has 0 aromatic heterocycles. The minimum atomic E-state index is -4.10. The van der Waals surface area contributed by atoms with Crippen LogP contribution in [-0.2, 0) is 14.3 Å². The fourth-order valence-corrected chi connectivity index (χ4v) is 12.9. The largest absolute Gasteiger partial charge is 0.456 e. The molecule has 2 amide bonds. The van der Waals surface area contributed by atoms with E-state index in [1.807, 2.05) is 32.9 Å². The third kappa shape index (κ3) is 7.10. The van der Waals surface area contributed by atoms with Crippen molar-refractivity contribution in [1.29, 1.82) is 0 Å². The van der Waals surface area contributed by atoms with E-state index in [2.05, 4.69) is 56.5 Å². The van der Waals surface area contributed by atoms with Crippen LogP contribution in [0, 0.1) is 51.2 Å². The van der Waals surface area contributed by atoms with Crippen LogP contribution in [0.25, 0.3) is 5.57 Å². The molecule has 5 aliphatic rings. The van der Waals surface area contributed by atoms with Gasteiger partial charge in [-0.05, 0) is 167 Å². The number of benzene rings is 1. The van der Waals surface area contributed by atoms with Gasteiger partial charge in [-0.2, -0.15) is 8.78 Å². The number of rotatable bonds is 9. The fraction of sp³-hybridized carbons (Fsp3) is 0.750. The average molecular weight is 738 g/mol. The second kappa shape index (κ2) is 14.0. The maximum Gasteiger partial charge on any atom is 0.400 e. The Morgan fingerprint density at radius 3 is 2.17 bits per heavy atom. The van der Waals surface area contributed by atoms with Crippen molar-refractivity contribution in [3.63, 3.8) is 0 Å². The minimum absolute atomic E-state index is 0.0324. The highest BCUT2D eigenvalue weighted by atomic mass is 19.3. The lowest BCUT2D eigenvalue weighted by molar-refractivity contribution is -0.178. The third-order valence-corrected chi connectivity index (χ3v) is 15.1. The van der Waals surface area contributed by atoms with Gasteiger partial charge in [0.1, 0.15) is 5.60 Å². The van der Waals surface area contributed by atoms with Crippen molar-refractivity contribution in [2.45, 2.75) is 124 Å². The molecule has 4 saturated carbocycles. The van der Waals surface area contributed by atoms with Crippen molar-refractivity contribution in [3.05, 3.63) is 41.5 Å². The van der Waals surface area contributed by atoms with Crippen LogP contribution in [-0.4, -0.2) is 67.9 Å². The van der Waals surface area contributed by atoms with Crippen LogP contribution < -0.4 is 10.6 Å². The summed E-state index contributed by atoms with van der Waals surface area (Å²) in [6.45, 7) is 16.4. The van der Waals surface area contributed by atoms with Crippen LogP contribution in [0.5, 0.6) is 0 Å². The van der Waals surface area contributed by atoms with Crippen LogP contribution in [0.4, 0.5) is 8.78 Å². The van der Waals surface area contributed by atoms with E-state index in [0.29, 0.717) is 41.7 Å². The van der Waals surface area contributed by atoms with Gasteiger partial charge in [-0.3, -0.25) is 9.59 Å². The summed E-state index contributed by atoms with van der Waals surface area (Å²) in [5.74, 6) is -4.74. The number of nitrogens with one attached hydrogen (secondary N) is 2. The SMILES string of the molecule is CN(C)CCNC(=O)C(F)(F)C(=O)NCC12CCCC1C1CCC3C(C)(CCC4C(C)(C)C(c5ccc(C(=O)OC(C)(C)C)cc5)=CCC43C)C1CC2. The van der Waals surface area contributed by atoms with E-state index >= 15 is 0 Å². The van der Waals surface area contributed by atoms with Gasteiger partial charge in [0, 0.05) is 19.6 Å². The first kappa shape index (κ1) is 39.9. The Kier molecular flexibility index (Phi) is 10.6. The van der Waals surface area contributed by atoms with Crippen LogP contribution in [0.15, 0.2) is 30.3 Å². The van der Waals surface area contributed by atoms with Gasteiger partial charge in [0.05, 0.1) is 5.56 Å². The fourth-order valence-electron chi connectivity index (χ4n) is 12.9. The van der Waals surface area contributed by atoms with Gasteiger partial charge < -0.3 is 20.3 Å². The molecule has 0 aliphatic heterocycles. The summed E-state index contributed by atoms with van der Waals surface area (Å²) < 4.78 is 35.4. The van der Waals surface area contributed by atoms with E-state index in [1.165, 1.54) is 30.4 Å². The topological polar surface area (TPSA) is 87.7 Å². The number of alkyl halides is 2. The summed E-state index contributed by atoms with van der Waals surface area (Å²) in [7, 11) is 3.59. The number of allylic oxidation sites excluding steroid dienone is 2. The second-order valence-electron chi connectivity index (χ2n) is 19.8. The molecule has 0 radical (unpaired) electrons. The Bertz CT molecular complexity index is 1600. The molecule has 6 rings (SSSR count). The highest BCUT2D eigenvalue weighted by Crippen LogP contribution is 2.73. The van der Waals surface area contributed by atoms with Gasteiger partial charge in [-0.15, -0.1) is 0 Å². The Morgan fingerprint density at radius 2 is 1.51 bits per heavy atom. The molecule has 5 aliphatic carbocycles. The maximum absolute atomic E-state index is 14.9. The lowest BCUT2D eigenvalue weighted by atomic mass is 9.36. The Hall–Kier alpha value is -2.81. The van der Waals surface area contributed by atoms with Gasteiger partial charge >= 0.3 is 23.7 Å². The molecule has 0 saturated heterocycles. The molecule has 1 aromatic carbocycles. The van der Waals surface area contributed by atoms with E-state index < -0.39 is 23.3 Å². The van der Waals surface area contributed by atoms with E-state index in [-0.39, 0.29) is 40.7 Å².